The van der Waals surface area contributed by atoms with Crippen molar-refractivity contribution < 1.29 is 17.7 Å². The molecular weight excluding hydrogens is 402 g/mol. The van der Waals surface area contributed by atoms with E-state index in [1.807, 2.05) is 30.3 Å². The number of hydrogen-bond donors (Lipinski definition) is 2. The average molecular weight is 428 g/mol. The van der Waals surface area contributed by atoms with Crippen LogP contribution < -0.4 is 10.0 Å². The second-order valence-corrected chi connectivity index (χ2v) is 9.11. The van der Waals surface area contributed by atoms with E-state index in [1.165, 1.54) is 0 Å². The number of carbonyl (C=O) groups excluding carboxylic acids is 1. The highest BCUT2D eigenvalue weighted by atomic mass is 32.2. The minimum Gasteiger partial charge on any atom is -0.360 e. The van der Waals surface area contributed by atoms with Gasteiger partial charge in [0.25, 0.3) is 5.91 Å². The summed E-state index contributed by atoms with van der Waals surface area (Å²) in [4.78, 5) is 12.8. The van der Waals surface area contributed by atoms with Gasteiger partial charge in [0.15, 0.2) is 0 Å². The predicted octanol–water partition coefficient (Wildman–Crippen LogP) is 3.41. The molecule has 3 rings (SSSR count). The highest BCUT2D eigenvalue weighted by Crippen LogP contribution is 2.25. The van der Waals surface area contributed by atoms with Gasteiger partial charge in [-0.25, -0.2) is 13.1 Å². The van der Waals surface area contributed by atoms with Crippen molar-refractivity contribution in [3.8, 4) is 11.3 Å². The number of nitrogens with zero attached hydrogens (tertiary/aromatic N) is 1. The van der Waals surface area contributed by atoms with Gasteiger partial charge < -0.3 is 9.84 Å². The highest BCUT2D eigenvalue weighted by Gasteiger charge is 2.21. The van der Waals surface area contributed by atoms with Crippen molar-refractivity contribution in [3.63, 3.8) is 0 Å². The smallest absolute Gasteiger partial charge is 0.257 e. The molecule has 0 saturated carbocycles. The zero-order valence-corrected chi connectivity index (χ0v) is 18.0. The molecule has 0 aliphatic carbocycles. The number of nitrogens with one attached hydrogen (secondary N) is 2. The van der Waals surface area contributed by atoms with E-state index in [2.05, 4.69) is 15.2 Å². The third-order valence-corrected chi connectivity index (χ3v) is 5.93. The normalized spacial score (nSPS) is 11.6. The maximum Gasteiger partial charge on any atom is 0.257 e. The van der Waals surface area contributed by atoms with Crippen molar-refractivity contribution in [2.45, 2.75) is 39.1 Å². The molecular formula is C22H25N3O4S. The molecule has 0 aliphatic rings. The quantitative estimate of drug-likeness (QED) is 0.574. The number of carbonyl (C=O) groups is 1. The van der Waals surface area contributed by atoms with Crippen molar-refractivity contribution in [2.24, 2.45) is 0 Å². The molecule has 0 unspecified atom stereocenters. The number of hydrogen-bond acceptors (Lipinski definition) is 5. The van der Waals surface area contributed by atoms with Gasteiger partial charge in [0.1, 0.15) is 17.0 Å². The number of amides is 1. The largest absolute Gasteiger partial charge is 0.360 e. The number of sulfonamides is 1. The Hall–Kier alpha value is -2.97. The summed E-state index contributed by atoms with van der Waals surface area (Å²) < 4.78 is 31.9. The SMILES string of the molecule is Cc1onc(-c2ccccc2)c1C(=O)NCc1ccc(CS(=O)(=O)NC(C)C)cc1. The lowest BCUT2D eigenvalue weighted by atomic mass is 10.1. The standard InChI is InChI=1S/C22H25N3O4S/c1-15(2)25-30(27,28)14-18-11-9-17(10-12-18)13-23-22(26)20-16(3)29-24-21(20)19-7-5-4-6-8-19/h4-12,15,25H,13-14H2,1-3H3,(H,23,26). The van der Waals surface area contributed by atoms with Gasteiger partial charge in [-0.3, -0.25) is 4.79 Å². The van der Waals surface area contributed by atoms with Crippen LogP contribution in [0, 0.1) is 6.92 Å². The van der Waals surface area contributed by atoms with Crippen LogP contribution in [-0.2, 0) is 22.3 Å². The summed E-state index contributed by atoms with van der Waals surface area (Å²) >= 11 is 0. The Morgan fingerprint density at radius 3 is 2.30 bits per heavy atom. The molecule has 0 atom stereocenters. The minimum atomic E-state index is -3.38. The van der Waals surface area contributed by atoms with Crippen LogP contribution in [0.25, 0.3) is 11.3 Å². The van der Waals surface area contributed by atoms with E-state index in [0.29, 0.717) is 29.1 Å². The van der Waals surface area contributed by atoms with Crippen LogP contribution in [0.1, 0.15) is 41.1 Å². The van der Waals surface area contributed by atoms with Crippen molar-refractivity contribution in [3.05, 3.63) is 77.0 Å². The Kier molecular flexibility index (Phi) is 6.69. The molecule has 30 heavy (non-hydrogen) atoms. The van der Waals surface area contributed by atoms with Gasteiger partial charge in [-0.15, -0.1) is 0 Å². The lowest BCUT2D eigenvalue weighted by Gasteiger charge is -2.10. The van der Waals surface area contributed by atoms with E-state index in [0.717, 1.165) is 11.1 Å². The molecule has 0 fully saturated rings. The van der Waals surface area contributed by atoms with Gasteiger partial charge >= 0.3 is 0 Å². The summed E-state index contributed by atoms with van der Waals surface area (Å²) in [6.45, 7) is 5.57. The first-order valence-corrected chi connectivity index (χ1v) is 11.3. The fourth-order valence-electron chi connectivity index (χ4n) is 3.08. The molecule has 2 N–H and O–H groups in total. The number of aryl methyl sites for hydroxylation is 1. The molecule has 1 heterocycles. The maximum atomic E-state index is 12.8. The monoisotopic (exact) mass is 427 g/mol. The lowest BCUT2D eigenvalue weighted by molar-refractivity contribution is 0.0950. The Labute approximate surface area is 176 Å². The summed E-state index contributed by atoms with van der Waals surface area (Å²) in [5.74, 6) is 0.0861. The number of rotatable bonds is 8. The molecule has 2 aromatic carbocycles. The lowest BCUT2D eigenvalue weighted by Crippen LogP contribution is -2.31. The summed E-state index contributed by atoms with van der Waals surface area (Å²) in [5.41, 5.74) is 3.25. The van der Waals surface area contributed by atoms with E-state index in [1.54, 1.807) is 45.0 Å². The highest BCUT2D eigenvalue weighted by molar-refractivity contribution is 7.88. The first-order chi connectivity index (χ1) is 14.2. The molecule has 7 nitrogen and oxygen atoms in total. The zero-order chi connectivity index (χ0) is 21.7. The van der Waals surface area contributed by atoms with Crippen LogP contribution >= 0.6 is 0 Å². The second kappa shape index (κ2) is 9.23. The van der Waals surface area contributed by atoms with Crippen LogP contribution in [0.2, 0.25) is 0 Å². The van der Waals surface area contributed by atoms with Gasteiger partial charge in [-0.1, -0.05) is 59.8 Å². The summed E-state index contributed by atoms with van der Waals surface area (Å²) in [6.07, 6.45) is 0. The first-order valence-electron chi connectivity index (χ1n) is 9.63. The van der Waals surface area contributed by atoms with Crippen LogP contribution in [-0.4, -0.2) is 25.5 Å². The van der Waals surface area contributed by atoms with Gasteiger partial charge in [-0.05, 0) is 31.9 Å². The number of benzene rings is 2. The second-order valence-electron chi connectivity index (χ2n) is 7.36. The molecule has 8 heteroatoms. The van der Waals surface area contributed by atoms with Gasteiger partial charge in [-0.2, -0.15) is 0 Å². The Morgan fingerprint density at radius 2 is 1.67 bits per heavy atom. The minimum absolute atomic E-state index is 0.0852. The maximum absolute atomic E-state index is 12.8. The van der Waals surface area contributed by atoms with E-state index in [9.17, 15) is 13.2 Å². The van der Waals surface area contributed by atoms with E-state index in [-0.39, 0.29) is 17.7 Å². The van der Waals surface area contributed by atoms with Crippen molar-refractivity contribution in [2.75, 3.05) is 0 Å². The Balaban J connectivity index is 1.66. The molecule has 1 amide bonds. The van der Waals surface area contributed by atoms with Crippen molar-refractivity contribution in [1.82, 2.24) is 15.2 Å². The van der Waals surface area contributed by atoms with E-state index < -0.39 is 10.0 Å². The van der Waals surface area contributed by atoms with Crippen LogP contribution in [0.4, 0.5) is 0 Å². The van der Waals surface area contributed by atoms with Gasteiger partial charge in [0, 0.05) is 18.2 Å². The molecule has 0 radical (unpaired) electrons. The molecule has 3 aromatic rings. The Bertz CT molecular complexity index is 1110. The number of aromatic nitrogens is 1. The van der Waals surface area contributed by atoms with Crippen LogP contribution in [0.5, 0.6) is 0 Å². The molecule has 0 bridgehead atoms. The van der Waals surface area contributed by atoms with Crippen molar-refractivity contribution >= 4 is 15.9 Å². The molecule has 1 aromatic heterocycles. The summed E-state index contributed by atoms with van der Waals surface area (Å²) in [5, 5.41) is 6.91. The van der Waals surface area contributed by atoms with Gasteiger partial charge in [0.2, 0.25) is 10.0 Å². The topological polar surface area (TPSA) is 101 Å². The fraction of sp³-hybridized carbons (Fsp3) is 0.273. The summed E-state index contributed by atoms with van der Waals surface area (Å²) in [6, 6.07) is 16.3. The molecule has 0 aliphatic heterocycles. The fourth-order valence-corrected chi connectivity index (χ4v) is 4.51. The van der Waals surface area contributed by atoms with Crippen molar-refractivity contribution in [1.29, 1.82) is 0 Å². The van der Waals surface area contributed by atoms with Crippen LogP contribution in [0.15, 0.2) is 59.1 Å². The molecule has 0 saturated heterocycles. The molecule has 158 valence electrons. The first kappa shape index (κ1) is 21.7. The van der Waals surface area contributed by atoms with E-state index in [4.69, 9.17) is 4.52 Å². The predicted molar refractivity (Wildman–Crippen MR) is 115 cm³/mol. The molecule has 0 spiro atoms. The van der Waals surface area contributed by atoms with Gasteiger partial charge in [0.05, 0.1) is 5.75 Å². The third-order valence-electron chi connectivity index (χ3n) is 4.39. The average Bonchev–Trinajstić information content (AvgIpc) is 3.08. The summed E-state index contributed by atoms with van der Waals surface area (Å²) in [7, 11) is -3.38. The Morgan fingerprint density at radius 1 is 1.03 bits per heavy atom. The zero-order valence-electron chi connectivity index (χ0n) is 17.2. The van der Waals surface area contributed by atoms with Crippen LogP contribution in [0.3, 0.4) is 0 Å². The third kappa shape index (κ3) is 5.55. The van der Waals surface area contributed by atoms with E-state index >= 15 is 0 Å².